The van der Waals surface area contributed by atoms with Gasteiger partial charge in [-0.3, -0.25) is 0 Å². The van der Waals surface area contributed by atoms with Crippen LogP contribution in [0.1, 0.15) is 51.5 Å². The quantitative estimate of drug-likeness (QED) is 0.860. The van der Waals surface area contributed by atoms with Gasteiger partial charge in [-0.15, -0.1) is 0 Å². The van der Waals surface area contributed by atoms with Gasteiger partial charge in [0.15, 0.2) is 11.5 Å². The second-order valence-electron chi connectivity index (χ2n) is 5.68. The molecule has 0 saturated heterocycles. The molecule has 0 bridgehead atoms. The van der Waals surface area contributed by atoms with Crippen molar-refractivity contribution in [2.45, 2.75) is 58.5 Å². The lowest BCUT2D eigenvalue weighted by Gasteiger charge is -2.22. The minimum absolute atomic E-state index is 0.0980. The maximum Gasteiger partial charge on any atom is 0.161 e. The van der Waals surface area contributed by atoms with Crippen molar-refractivity contribution in [3.63, 3.8) is 0 Å². The van der Waals surface area contributed by atoms with Crippen LogP contribution in [0, 0.1) is 5.92 Å². The first-order chi connectivity index (χ1) is 8.65. The molecule has 1 N–H and O–H groups in total. The number of hydrogen-bond donors (Lipinski definition) is 1. The zero-order valence-electron chi connectivity index (χ0n) is 11.5. The highest BCUT2D eigenvalue weighted by Gasteiger charge is 2.15. The molecule has 0 spiro atoms. The number of aromatic hydroxyl groups is 1. The molecule has 1 aromatic rings. The minimum Gasteiger partial charge on any atom is -0.504 e. The second kappa shape index (κ2) is 6.12. The number of rotatable bonds is 4. The molecule has 18 heavy (non-hydrogen) atoms. The molecule has 0 radical (unpaired) electrons. The minimum atomic E-state index is 0.0980. The molecule has 2 rings (SSSR count). The highest BCUT2D eigenvalue weighted by atomic mass is 16.5. The molecular formula is C16H24O2. The van der Waals surface area contributed by atoms with E-state index in [-0.39, 0.29) is 11.9 Å². The Morgan fingerprint density at radius 3 is 2.61 bits per heavy atom. The fourth-order valence-electron chi connectivity index (χ4n) is 2.76. The molecule has 0 amide bonds. The molecule has 1 aliphatic rings. The van der Waals surface area contributed by atoms with Crippen molar-refractivity contribution in [1.82, 2.24) is 0 Å². The SMILES string of the molecule is CC(C)Oc1cc(CC2CCCCC2)ccc1O. The van der Waals surface area contributed by atoms with Crippen LogP contribution in [0.15, 0.2) is 18.2 Å². The summed E-state index contributed by atoms with van der Waals surface area (Å²) in [7, 11) is 0. The molecule has 2 nitrogen and oxygen atoms in total. The summed E-state index contributed by atoms with van der Waals surface area (Å²) in [6.45, 7) is 3.96. The Balaban J connectivity index is 2.03. The van der Waals surface area contributed by atoms with Gasteiger partial charge in [0.1, 0.15) is 0 Å². The highest BCUT2D eigenvalue weighted by Crippen LogP contribution is 2.31. The molecule has 1 aliphatic carbocycles. The van der Waals surface area contributed by atoms with E-state index >= 15 is 0 Å². The number of benzene rings is 1. The van der Waals surface area contributed by atoms with Gasteiger partial charge < -0.3 is 9.84 Å². The Bertz CT molecular complexity index is 379. The summed E-state index contributed by atoms with van der Waals surface area (Å²) in [5.41, 5.74) is 1.29. The van der Waals surface area contributed by atoms with E-state index in [9.17, 15) is 5.11 Å². The fourth-order valence-corrected chi connectivity index (χ4v) is 2.76. The summed E-state index contributed by atoms with van der Waals surface area (Å²) >= 11 is 0. The molecule has 0 aromatic heterocycles. The topological polar surface area (TPSA) is 29.5 Å². The van der Waals surface area contributed by atoms with Gasteiger partial charge in [-0.1, -0.05) is 38.2 Å². The average molecular weight is 248 g/mol. The van der Waals surface area contributed by atoms with E-state index in [1.165, 1.54) is 37.7 Å². The molecule has 100 valence electrons. The van der Waals surface area contributed by atoms with Crippen LogP contribution in [0.5, 0.6) is 11.5 Å². The lowest BCUT2D eigenvalue weighted by molar-refractivity contribution is 0.231. The molecule has 1 fully saturated rings. The predicted molar refractivity (Wildman–Crippen MR) is 74.1 cm³/mol. The Morgan fingerprint density at radius 1 is 1.22 bits per heavy atom. The zero-order chi connectivity index (χ0) is 13.0. The van der Waals surface area contributed by atoms with E-state index < -0.39 is 0 Å². The van der Waals surface area contributed by atoms with Crippen molar-refractivity contribution in [3.05, 3.63) is 23.8 Å². The first kappa shape index (κ1) is 13.3. The van der Waals surface area contributed by atoms with Crippen molar-refractivity contribution in [2.24, 2.45) is 5.92 Å². The smallest absolute Gasteiger partial charge is 0.161 e. The molecule has 0 atom stereocenters. The van der Waals surface area contributed by atoms with Crippen molar-refractivity contribution in [3.8, 4) is 11.5 Å². The Hall–Kier alpha value is -1.18. The van der Waals surface area contributed by atoms with Gasteiger partial charge in [0.25, 0.3) is 0 Å². The third kappa shape index (κ3) is 3.66. The molecular weight excluding hydrogens is 224 g/mol. The van der Waals surface area contributed by atoms with E-state index in [1.54, 1.807) is 6.07 Å². The Morgan fingerprint density at radius 2 is 1.94 bits per heavy atom. The number of phenols is 1. The lowest BCUT2D eigenvalue weighted by atomic mass is 9.85. The number of phenolic OH excluding ortho intramolecular Hbond substituents is 1. The zero-order valence-corrected chi connectivity index (χ0v) is 11.5. The lowest BCUT2D eigenvalue weighted by Crippen LogP contribution is -2.10. The summed E-state index contributed by atoms with van der Waals surface area (Å²) in [5, 5.41) is 9.76. The van der Waals surface area contributed by atoms with Gasteiger partial charge in [-0.25, -0.2) is 0 Å². The predicted octanol–water partition coefficient (Wildman–Crippen LogP) is 4.30. The standard InChI is InChI=1S/C16H24O2/c1-12(2)18-16-11-14(8-9-15(16)17)10-13-6-4-3-5-7-13/h8-9,11-13,17H,3-7,10H2,1-2H3. The summed E-state index contributed by atoms with van der Waals surface area (Å²) < 4.78 is 5.62. The van der Waals surface area contributed by atoms with Crippen LogP contribution in [0.2, 0.25) is 0 Å². The third-order valence-electron chi connectivity index (χ3n) is 3.64. The molecule has 0 heterocycles. The van der Waals surface area contributed by atoms with Crippen LogP contribution in [-0.4, -0.2) is 11.2 Å². The summed E-state index contributed by atoms with van der Waals surface area (Å²) in [6.07, 6.45) is 8.06. The van der Waals surface area contributed by atoms with Gasteiger partial charge in [0.05, 0.1) is 6.10 Å². The van der Waals surface area contributed by atoms with Crippen LogP contribution < -0.4 is 4.74 Å². The summed E-state index contributed by atoms with van der Waals surface area (Å²) in [6, 6.07) is 5.79. The Labute approximate surface area is 110 Å². The fraction of sp³-hybridized carbons (Fsp3) is 0.625. The monoisotopic (exact) mass is 248 g/mol. The Kier molecular flexibility index (Phi) is 4.51. The average Bonchev–Trinajstić information content (AvgIpc) is 2.34. The highest BCUT2D eigenvalue weighted by molar-refractivity contribution is 5.42. The van der Waals surface area contributed by atoms with Crippen molar-refractivity contribution in [1.29, 1.82) is 0 Å². The largest absolute Gasteiger partial charge is 0.504 e. The van der Waals surface area contributed by atoms with E-state index in [1.807, 2.05) is 26.0 Å². The van der Waals surface area contributed by atoms with E-state index in [0.29, 0.717) is 5.75 Å². The molecule has 1 saturated carbocycles. The maximum atomic E-state index is 9.76. The number of hydrogen-bond acceptors (Lipinski definition) is 2. The molecule has 0 aliphatic heterocycles. The van der Waals surface area contributed by atoms with Gasteiger partial charge in [-0.05, 0) is 43.9 Å². The third-order valence-corrected chi connectivity index (χ3v) is 3.64. The van der Waals surface area contributed by atoms with Gasteiger partial charge in [0.2, 0.25) is 0 Å². The van der Waals surface area contributed by atoms with Gasteiger partial charge in [0, 0.05) is 0 Å². The molecule has 0 unspecified atom stereocenters. The van der Waals surface area contributed by atoms with Gasteiger partial charge in [-0.2, -0.15) is 0 Å². The van der Waals surface area contributed by atoms with E-state index in [2.05, 4.69) is 0 Å². The van der Waals surface area contributed by atoms with E-state index in [0.717, 1.165) is 12.3 Å². The second-order valence-corrected chi connectivity index (χ2v) is 5.68. The van der Waals surface area contributed by atoms with Crippen LogP contribution in [0.25, 0.3) is 0 Å². The van der Waals surface area contributed by atoms with E-state index in [4.69, 9.17) is 4.74 Å². The molecule has 1 aromatic carbocycles. The first-order valence-electron chi connectivity index (χ1n) is 7.13. The molecule has 2 heteroatoms. The van der Waals surface area contributed by atoms with Crippen LogP contribution >= 0.6 is 0 Å². The normalized spacial score (nSPS) is 17.1. The summed E-state index contributed by atoms with van der Waals surface area (Å²) in [4.78, 5) is 0. The first-order valence-corrected chi connectivity index (χ1v) is 7.13. The van der Waals surface area contributed by atoms with Gasteiger partial charge >= 0.3 is 0 Å². The van der Waals surface area contributed by atoms with Crippen molar-refractivity contribution >= 4 is 0 Å². The van der Waals surface area contributed by atoms with Crippen LogP contribution in [0.3, 0.4) is 0 Å². The van der Waals surface area contributed by atoms with Crippen LogP contribution in [0.4, 0.5) is 0 Å². The van der Waals surface area contributed by atoms with Crippen LogP contribution in [-0.2, 0) is 6.42 Å². The summed E-state index contributed by atoms with van der Waals surface area (Å²) in [5.74, 6) is 1.68. The van der Waals surface area contributed by atoms with Crippen molar-refractivity contribution in [2.75, 3.05) is 0 Å². The van der Waals surface area contributed by atoms with Crippen molar-refractivity contribution < 1.29 is 9.84 Å². The number of ether oxygens (including phenoxy) is 1. The maximum absolute atomic E-state index is 9.76.